The summed E-state index contributed by atoms with van der Waals surface area (Å²) < 4.78 is 13.0. The molecule has 1 aliphatic heterocycles. The van der Waals surface area contributed by atoms with Gasteiger partial charge in [-0.15, -0.1) is 12.4 Å². The van der Waals surface area contributed by atoms with Crippen LogP contribution in [0.2, 0.25) is 5.02 Å². The molecule has 5 heteroatoms. The molecule has 108 valence electrons. The Labute approximate surface area is 125 Å². The molecule has 0 aliphatic carbocycles. The van der Waals surface area contributed by atoms with Crippen molar-refractivity contribution >= 4 is 24.0 Å². The van der Waals surface area contributed by atoms with E-state index in [4.69, 9.17) is 17.3 Å². The highest BCUT2D eigenvalue weighted by molar-refractivity contribution is 6.31. The van der Waals surface area contributed by atoms with Crippen molar-refractivity contribution in [2.24, 2.45) is 5.73 Å². The molecule has 1 fully saturated rings. The lowest BCUT2D eigenvalue weighted by Gasteiger charge is -2.35. The Hall–Kier alpha value is -0.350. The van der Waals surface area contributed by atoms with Crippen LogP contribution in [0.4, 0.5) is 4.39 Å². The van der Waals surface area contributed by atoms with E-state index in [9.17, 15) is 4.39 Å². The minimum atomic E-state index is -0.277. The van der Waals surface area contributed by atoms with Crippen LogP contribution in [0, 0.1) is 5.82 Å². The third-order valence-electron chi connectivity index (χ3n) is 3.64. The normalized spacial score (nSPS) is 20.1. The first-order valence-corrected chi connectivity index (χ1v) is 6.96. The van der Waals surface area contributed by atoms with E-state index in [-0.39, 0.29) is 18.2 Å². The summed E-state index contributed by atoms with van der Waals surface area (Å²) in [6.45, 7) is 2.60. The van der Waals surface area contributed by atoms with Crippen molar-refractivity contribution in [3.05, 3.63) is 34.6 Å². The summed E-state index contributed by atoms with van der Waals surface area (Å²) in [6, 6.07) is 5.19. The average molecular weight is 307 g/mol. The van der Waals surface area contributed by atoms with Crippen LogP contribution in [0.1, 0.15) is 31.2 Å². The van der Waals surface area contributed by atoms with Crippen LogP contribution in [0.25, 0.3) is 0 Å². The molecular weight excluding hydrogens is 286 g/mol. The van der Waals surface area contributed by atoms with E-state index in [1.807, 2.05) is 0 Å². The van der Waals surface area contributed by atoms with E-state index >= 15 is 0 Å². The molecule has 1 aromatic rings. The van der Waals surface area contributed by atoms with Gasteiger partial charge in [0.15, 0.2) is 0 Å². The zero-order valence-corrected chi connectivity index (χ0v) is 12.5. The van der Waals surface area contributed by atoms with Crippen molar-refractivity contribution in [1.82, 2.24) is 4.90 Å². The molecule has 1 aliphatic rings. The molecule has 1 saturated heterocycles. The van der Waals surface area contributed by atoms with Gasteiger partial charge in [-0.1, -0.05) is 24.1 Å². The number of benzene rings is 1. The van der Waals surface area contributed by atoms with Crippen molar-refractivity contribution in [2.45, 2.75) is 38.3 Å². The highest BCUT2D eigenvalue weighted by Crippen LogP contribution is 2.25. The van der Waals surface area contributed by atoms with Crippen molar-refractivity contribution in [2.75, 3.05) is 13.1 Å². The van der Waals surface area contributed by atoms with Gasteiger partial charge in [0.05, 0.1) is 0 Å². The van der Waals surface area contributed by atoms with Crippen LogP contribution in [-0.2, 0) is 6.54 Å². The molecule has 0 amide bonds. The molecule has 2 rings (SSSR count). The Morgan fingerprint density at radius 3 is 2.84 bits per heavy atom. The van der Waals surface area contributed by atoms with Gasteiger partial charge in [0.1, 0.15) is 5.82 Å². The monoisotopic (exact) mass is 306 g/mol. The number of piperidine rings is 1. The molecule has 1 unspecified atom stereocenters. The number of hydrogen-bond donors (Lipinski definition) is 1. The Kier molecular flexibility index (Phi) is 7.08. The quantitative estimate of drug-likeness (QED) is 0.921. The minimum Gasteiger partial charge on any atom is -0.330 e. The van der Waals surface area contributed by atoms with Gasteiger partial charge in [0, 0.05) is 17.6 Å². The summed E-state index contributed by atoms with van der Waals surface area (Å²) in [6.07, 6.45) is 4.73. The number of halogens is 3. The molecular formula is C14H21Cl2FN2. The van der Waals surface area contributed by atoms with E-state index < -0.39 is 0 Å². The average Bonchev–Trinajstić information content (AvgIpc) is 2.35. The highest BCUT2D eigenvalue weighted by Gasteiger charge is 2.22. The van der Waals surface area contributed by atoms with E-state index in [0.29, 0.717) is 11.1 Å². The lowest BCUT2D eigenvalue weighted by Crippen LogP contribution is -2.40. The third kappa shape index (κ3) is 4.60. The SMILES string of the molecule is Cl.NCCC1CCCCN1Cc1ccc(F)cc1Cl. The molecule has 1 atom stereocenters. The maximum absolute atomic E-state index is 13.0. The van der Waals surface area contributed by atoms with Crippen molar-refractivity contribution in [3.63, 3.8) is 0 Å². The van der Waals surface area contributed by atoms with Crippen LogP contribution in [0.3, 0.4) is 0 Å². The van der Waals surface area contributed by atoms with Crippen LogP contribution in [-0.4, -0.2) is 24.0 Å². The minimum absolute atomic E-state index is 0. The fourth-order valence-electron chi connectivity index (χ4n) is 2.66. The summed E-state index contributed by atoms with van der Waals surface area (Å²) in [4.78, 5) is 2.43. The molecule has 19 heavy (non-hydrogen) atoms. The van der Waals surface area contributed by atoms with E-state index in [1.165, 1.54) is 31.4 Å². The lowest BCUT2D eigenvalue weighted by molar-refractivity contribution is 0.134. The summed E-state index contributed by atoms with van der Waals surface area (Å²) in [5, 5.41) is 0.520. The third-order valence-corrected chi connectivity index (χ3v) is 3.99. The van der Waals surface area contributed by atoms with Gasteiger partial charge in [0.2, 0.25) is 0 Å². The van der Waals surface area contributed by atoms with Crippen LogP contribution in [0.15, 0.2) is 18.2 Å². The Morgan fingerprint density at radius 2 is 2.16 bits per heavy atom. The Balaban J connectivity index is 0.00000180. The summed E-state index contributed by atoms with van der Waals surface area (Å²) in [5.74, 6) is -0.277. The van der Waals surface area contributed by atoms with Crippen molar-refractivity contribution in [1.29, 1.82) is 0 Å². The zero-order chi connectivity index (χ0) is 13.0. The number of nitrogens with zero attached hydrogens (tertiary/aromatic N) is 1. The molecule has 2 nitrogen and oxygen atoms in total. The molecule has 0 aromatic heterocycles. The Bertz CT molecular complexity index is 399. The predicted octanol–water partition coefficient (Wildman–Crippen LogP) is 3.60. The topological polar surface area (TPSA) is 29.3 Å². The molecule has 0 bridgehead atoms. The maximum Gasteiger partial charge on any atom is 0.124 e. The van der Waals surface area contributed by atoms with Crippen LogP contribution >= 0.6 is 24.0 Å². The maximum atomic E-state index is 13.0. The standard InChI is InChI=1S/C14H20ClFN2.ClH/c15-14-9-12(16)5-4-11(14)10-18-8-2-1-3-13(18)6-7-17;/h4-5,9,13H,1-3,6-8,10,17H2;1H. The van der Waals surface area contributed by atoms with Gasteiger partial charge < -0.3 is 5.73 Å². The molecule has 2 N–H and O–H groups in total. The smallest absolute Gasteiger partial charge is 0.124 e. The lowest BCUT2D eigenvalue weighted by atomic mass is 9.98. The van der Waals surface area contributed by atoms with Crippen LogP contribution < -0.4 is 5.73 Å². The molecule has 0 radical (unpaired) electrons. The molecule has 1 heterocycles. The number of likely N-dealkylation sites (tertiary alicyclic amines) is 1. The first-order valence-electron chi connectivity index (χ1n) is 6.58. The van der Waals surface area contributed by atoms with Crippen molar-refractivity contribution < 1.29 is 4.39 Å². The second-order valence-electron chi connectivity index (χ2n) is 4.93. The molecule has 1 aromatic carbocycles. The fourth-order valence-corrected chi connectivity index (χ4v) is 2.88. The number of rotatable bonds is 4. The molecule has 0 spiro atoms. The number of nitrogens with two attached hydrogens (primary N) is 1. The van der Waals surface area contributed by atoms with Gasteiger partial charge in [-0.05, 0) is 50.0 Å². The van der Waals surface area contributed by atoms with Crippen molar-refractivity contribution in [3.8, 4) is 0 Å². The Morgan fingerprint density at radius 1 is 1.37 bits per heavy atom. The molecule has 0 saturated carbocycles. The first kappa shape index (κ1) is 16.7. The van der Waals surface area contributed by atoms with Gasteiger partial charge in [0.25, 0.3) is 0 Å². The fraction of sp³-hybridized carbons (Fsp3) is 0.571. The summed E-state index contributed by atoms with van der Waals surface area (Å²) in [5.41, 5.74) is 6.66. The van der Waals surface area contributed by atoms with Gasteiger partial charge in [-0.3, -0.25) is 4.90 Å². The van der Waals surface area contributed by atoms with Crippen LogP contribution in [0.5, 0.6) is 0 Å². The van der Waals surface area contributed by atoms with Gasteiger partial charge in [-0.2, -0.15) is 0 Å². The number of hydrogen-bond acceptors (Lipinski definition) is 2. The highest BCUT2D eigenvalue weighted by atomic mass is 35.5. The zero-order valence-electron chi connectivity index (χ0n) is 10.9. The van der Waals surface area contributed by atoms with E-state index in [0.717, 1.165) is 31.6 Å². The summed E-state index contributed by atoms with van der Waals surface area (Å²) >= 11 is 6.08. The first-order chi connectivity index (χ1) is 8.70. The van der Waals surface area contributed by atoms with Gasteiger partial charge >= 0.3 is 0 Å². The second-order valence-corrected chi connectivity index (χ2v) is 5.34. The largest absolute Gasteiger partial charge is 0.330 e. The second kappa shape index (κ2) is 8.05. The predicted molar refractivity (Wildman–Crippen MR) is 80.4 cm³/mol. The summed E-state index contributed by atoms with van der Waals surface area (Å²) in [7, 11) is 0. The van der Waals surface area contributed by atoms with E-state index in [1.54, 1.807) is 6.07 Å². The van der Waals surface area contributed by atoms with E-state index in [2.05, 4.69) is 4.90 Å². The van der Waals surface area contributed by atoms with Gasteiger partial charge in [-0.25, -0.2) is 4.39 Å².